The van der Waals surface area contributed by atoms with Gasteiger partial charge in [0.15, 0.2) is 0 Å². The fourth-order valence-corrected chi connectivity index (χ4v) is 2.52. The molecular formula is C15H18N2O4. The molecule has 0 spiro atoms. The first kappa shape index (κ1) is 15.0. The van der Waals surface area contributed by atoms with Gasteiger partial charge in [0.25, 0.3) is 5.56 Å². The van der Waals surface area contributed by atoms with E-state index in [9.17, 15) is 19.5 Å². The van der Waals surface area contributed by atoms with E-state index < -0.39 is 17.7 Å². The summed E-state index contributed by atoms with van der Waals surface area (Å²) in [5.74, 6) is -1.08. The standard InChI is InChI=1S/C15H18N2O4/c1-3-9-16-13(18)10-7-5-6-8-12(10)17(15(16)21)11(4-2)14(19)20/h5-8,11H,3-4,9H2,1-2H3,(H,19,20). The lowest BCUT2D eigenvalue weighted by molar-refractivity contribution is -0.141. The Kier molecular flexibility index (Phi) is 4.26. The van der Waals surface area contributed by atoms with Gasteiger partial charge in [-0.1, -0.05) is 26.0 Å². The molecule has 1 heterocycles. The minimum absolute atomic E-state index is 0.267. The molecule has 0 aliphatic heterocycles. The second-order valence-electron chi connectivity index (χ2n) is 4.89. The van der Waals surface area contributed by atoms with Gasteiger partial charge in [-0.25, -0.2) is 9.59 Å². The van der Waals surface area contributed by atoms with Crippen LogP contribution in [0.15, 0.2) is 33.9 Å². The zero-order valence-electron chi connectivity index (χ0n) is 12.1. The highest BCUT2D eigenvalue weighted by atomic mass is 16.4. The smallest absolute Gasteiger partial charge is 0.332 e. The Morgan fingerprint density at radius 3 is 2.48 bits per heavy atom. The maximum Gasteiger partial charge on any atom is 0.332 e. The average Bonchev–Trinajstić information content (AvgIpc) is 2.47. The van der Waals surface area contributed by atoms with Crippen molar-refractivity contribution in [3.05, 3.63) is 45.1 Å². The third-order valence-electron chi connectivity index (χ3n) is 3.51. The van der Waals surface area contributed by atoms with Gasteiger partial charge in [-0.05, 0) is 25.0 Å². The third kappa shape index (κ3) is 2.49. The van der Waals surface area contributed by atoms with Crippen LogP contribution in [0.25, 0.3) is 10.9 Å². The molecule has 0 saturated heterocycles. The van der Waals surface area contributed by atoms with E-state index in [2.05, 4.69) is 0 Å². The fourth-order valence-electron chi connectivity index (χ4n) is 2.52. The van der Waals surface area contributed by atoms with Crippen LogP contribution in [0.3, 0.4) is 0 Å². The number of carboxylic acids is 1. The molecule has 0 bridgehead atoms. The zero-order chi connectivity index (χ0) is 15.6. The molecule has 0 saturated carbocycles. The second-order valence-corrected chi connectivity index (χ2v) is 4.89. The van der Waals surface area contributed by atoms with Crippen molar-refractivity contribution in [2.75, 3.05) is 0 Å². The summed E-state index contributed by atoms with van der Waals surface area (Å²) in [5, 5.41) is 9.72. The van der Waals surface area contributed by atoms with Crippen molar-refractivity contribution in [3.8, 4) is 0 Å². The van der Waals surface area contributed by atoms with Gasteiger partial charge in [0.1, 0.15) is 6.04 Å². The maximum atomic E-state index is 12.6. The lowest BCUT2D eigenvalue weighted by atomic mass is 10.1. The van der Waals surface area contributed by atoms with Gasteiger partial charge in [0, 0.05) is 6.54 Å². The first-order chi connectivity index (χ1) is 10.0. The molecule has 2 rings (SSSR count). The quantitative estimate of drug-likeness (QED) is 0.907. The summed E-state index contributed by atoms with van der Waals surface area (Å²) in [6.07, 6.45) is 0.890. The van der Waals surface area contributed by atoms with Gasteiger partial charge in [-0.3, -0.25) is 13.9 Å². The molecule has 1 aromatic carbocycles. The molecule has 1 N–H and O–H groups in total. The summed E-state index contributed by atoms with van der Waals surface area (Å²) in [4.78, 5) is 36.4. The minimum Gasteiger partial charge on any atom is -0.480 e. The van der Waals surface area contributed by atoms with Crippen LogP contribution in [0.2, 0.25) is 0 Å². The predicted octanol–water partition coefficient (Wildman–Crippen LogP) is 1.61. The van der Waals surface area contributed by atoms with Crippen LogP contribution in [0.4, 0.5) is 0 Å². The van der Waals surface area contributed by atoms with E-state index in [-0.39, 0.29) is 18.5 Å². The van der Waals surface area contributed by atoms with E-state index in [1.807, 2.05) is 6.92 Å². The van der Waals surface area contributed by atoms with Crippen LogP contribution >= 0.6 is 0 Å². The van der Waals surface area contributed by atoms with Gasteiger partial charge in [-0.2, -0.15) is 0 Å². The first-order valence-electron chi connectivity index (χ1n) is 6.99. The molecule has 1 atom stereocenters. The number of aliphatic carboxylic acids is 1. The molecule has 112 valence electrons. The summed E-state index contributed by atoms with van der Waals surface area (Å²) in [6.45, 7) is 3.84. The molecule has 0 amide bonds. The van der Waals surface area contributed by atoms with E-state index in [0.717, 1.165) is 4.57 Å². The van der Waals surface area contributed by atoms with E-state index in [1.165, 1.54) is 4.57 Å². The van der Waals surface area contributed by atoms with Gasteiger partial charge in [0.05, 0.1) is 10.9 Å². The molecule has 1 aromatic heterocycles. The molecule has 6 heteroatoms. The number of hydrogen-bond donors (Lipinski definition) is 1. The lowest BCUT2D eigenvalue weighted by Gasteiger charge is -2.18. The highest BCUT2D eigenvalue weighted by Crippen LogP contribution is 2.16. The number of carboxylic acid groups (broad SMARTS) is 1. The highest BCUT2D eigenvalue weighted by molar-refractivity contribution is 5.81. The molecule has 6 nitrogen and oxygen atoms in total. The Morgan fingerprint density at radius 1 is 1.24 bits per heavy atom. The van der Waals surface area contributed by atoms with Crippen LogP contribution in [0, 0.1) is 0 Å². The van der Waals surface area contributed by atoms with Crippen LogP contribution in [0.5, 0.6) is 0 Å². The minimum atomic E-state index is -1.08. The maximum absolute atomic E-state index is 12.6. The van der Waals surface area contributed by atoms with Crippen molar-refractivity contribution in [1.29, 1.82) is 0 Å². The predicted molar refractivity (Wildman–Crippen MR) is 79.7 cm³/mol. The molecule has 21 heavy (non-hydrogen) atoms. The number of carbonyl (C=O) groups is 1. The highest BCUT2D eigenvalue weighted by Gasteiger charge is 2.23. The van der Waals surface area contributed by atoms with Gasteiger partial charge in [0.2, 0.25) is 0 Å². The Bertz CT molecular complexity index is 788. The number of benzene rings is 1. The van der Waals surface area contributed by atoms with Crippen molar-refractivity contribution >= 4 is 16.9 Å². The fraction of sp³-hybridized carbons (Fsp3) is 0.400. The van der Waals surface area contributed by atoms with E-state index >= 15 is 0 Å². The first-order valence-corrected chi connectivity index (χ1v) is 6.99. The second kappa shape index (κ2) is 5.95. The van der Waals surface area contributed by atoms with Gasteiger partial charge in [-0.15, -0.1) is 0 Å². The van der Waals surface area contributed by atoms with Gasteiger partial charge >= 0.3 is 11.7 Å². The monoisotopic (exact) mass is 290 g/mol. The number of para-hydroxylation sites is 1. The van der Waals surface area contributed by atoms with Gasteiger partial charge < -0.3 is 5.11 Å². The summed E-state index contributed by atoms with van der Waals surface area (Å²) in [6, 6.07) is 5.65. The third-order valence-corrected chi connectivity index (χ3v) is 3.51. The lowest BCUT2D eigenvalue weighted by Crippen LogP contribution is -2.42. The van der Waals surface area contributed by atoms with Crippen molar-refractivity contribution in [1.82, 2.24) is 9.13 Å². The molecule has 1 unspecified atom stereocenters. The molecule has 0 aliphatic rings. The number of fused-ring (bicyclic) bond motifs is 1. The molecule has 0 aliphatic carbocycles. The van der Waals surface area contributed by atoms with Crippen molar-refractivity contribution in [3.63, 3.8) is 0 Å². The Balaban J connectivity index is 2.94. The number of nitrogens with zero attached hydrogens (tertiary/aromatic N) is 2. The molecule has 0 radical (unpaired) electrons. The average molecular weight is 290 g/mol. The molecule has 2 aromatic rings. The Hall–Kier alpha value is -2.37. The normalized spacial score (nSPS) is 12.5. The van der Waals surface area contributed by atoms with E-state index in [4.69, 9.17) is 0 Å². The van der Waals surface area contributed by atoms with Crippen LogP contribution in [0.1, 0.15) is 32.7 Å². The van der Waals surface area contributed by atoms with Crippen LogP contribution in [-0.4, -0.2) is 20.2 Å². The molecule has 0 fully saturated rings. The number of aromatic nitrogens is 2. The number of rotatable bonds is 5. The van der Waals surface area contributed by atoms with Crippen molar-refractivity contribution in [2.45, 2.75) is 39.3 Å². The topological polar surface area (TPSA) is 81.3 Å². The Morgan fingerprint density at radius 2 is 1.90 bits per heavy atom. The van der Waals surface area contributed by atoms with E-state index in [1.54, 1.807) is 31.2 Å². The molecular weight excluding hydrogens is 272 g/mol. The SMILES string of the molecule is CCCn1c(=O)c2ccccc2n(C(CC)C(=O)O)c1=O. The summed E-state index contributed by atoms with van der Waals surface area (Å²) < 4.78 is 2.34. The van der Waals surface area contributed by atoms with E-state index in [0.29, 0.717) is 17.3 Å². The Labute approximate surface area is 121 Å². The van der Waals surface area contributed by atoms with Crippen molar-refractivity contribution in [2.24, 2.45) is 0 Å². The van der Waals surface area contributed by atoms with Crippen molar-refractivity contribution < 1.29 is 9.90 Å². The van der Waals surface area contributed by atoms with Crippen LogP contribution in [-0.2, 0) is 11.3 Å². The van der Waals surface area contributed by atoms with Crippen LogP contribution < -0.4 is 11.2 Å². The largest absolute Gasteiger partial charge is 0.480 e. The zero-order valence-corrected chi connectivity index (χ0v) is 12.1. The summed E-state index contributed by atoms with van der Waals surface area (Å²) in [5.41, 5.74) is -0.558. The number of hydrogen-bond acceptors (Lipinski definition) is 3. The summed E-state index contributed by atoms with van der Waals surface area (Å²) in [7, 11) is 0. The summed E-state index contributed by atoms with van der Waals surface area (Å²) >= 11 is 0.